The molecule has 0 aliphatic heterocycles. The Morgan fingerprint density at radius 2 is 1.76 bits per heavy atom. The maximum Gasteiger partial charge on any atom is 0.162 e. The Morgan fingerprint density at radius 1 is 1.10 bits per heavy atom. The summed E-state index contributed by atoms with van der Waals surface area (Å²) in [5.41, 5.74) is 1.02. The molecule has 21 heavy (non-hydrogen) atoms. The van der Waals surface area contributed by atoms with Crippen LogP contribution in [0.25, 0.3) is 0 Å². The van der Waals surface area contributed by atoms with E-state index in [1.165, 1.54) is 64.2 Å². The molecule has 0 bridgehead atoms. The van der Waals surface area contributed by atoms with E-state index in [4.69, 9.17) is 5.26 Å². The van der Waals surface area contributed by atoms with E-state index in [9.17, 15) is 0 Å². The van der Waals surface area contributed by atoms with Crippen molar-refractivity contribution < 1.29 is 0 Å². The Hall–Kier alpha value is -1.30. The lowest BCUT2D eigenvalue weighted by Crippen LogP contribution is -2.15. The van der Waals surface area contributed by atoms with Crippen LogP contribution in [0.3, 0.4) is 0 Å². The maximum absolute atomic E-state index is 8.94. The average molecular weight is 287 g/mol. The molecule has 1 aromatic rings. The van der Waals surface area contributed by atoms with Gasteiger partial charge in [0, 0.05) is 6.20 Å². The van der Waals surface area contributed by atoms with Gasteiger partial charge in [0.05, 0.1) is 6.04 Å². The van der Waals surface area contributed by atoms with Crippen LogP contribution in [0.4, 0.5) is 0 Å². The van der Waals surface area contributed by atoms with Crippen LogP contribution in [0.5, 0.6) is 0 Å². The van der Waals surface area contributed by atoms with Gasteiger partial charge in [-0.2, -0.15) is 10.4 Å². The van der Waals surface area contributed by atoms with Crippen LogP contribution in [-0.2, 0) is 0 Å². The van der Waals surface area contributed by atoms with Gasteiger partial charge in [-0.15, -0.1) is 0 Å². The number of hydrogen-bond acceptors (Lipinski definition) is 2. The number of nitrogens with zero attached hydrogens (tertiary/aromatic N) is 3. The zero-order chi connectivity index (χ0) is 15.1. The Labute approximate surface area is 129 Å². The molecule has 0 aromatic carbocycles. The third-order valence-corrected chi connectivity index (χ3v) is 4.88. The van der Waals surface area contributed by atoms with E-state index in [1.54, 1.807) is 0 Å². The molecule has 116 valence electrons. The normalized spacial score (nSPS) is 24.5. The lowest BCUT2D eigenvalue weighted by atomic mass is 9.81. The third-order valence-electron chi connectivity index (χ3n) is 4.88. The summed E-state index contributed by atoms with van der Waals surface area (Å²) >= 11 is 0. The van der Waals surface area contributed by atoms with Crippen molar-refractivity contribution >= 4 is 0 Å². The van der Waals surface area contributed by atoms with Crippen molar-refractivity contribution in [1.82, 2.24) is 9.78 Å². The molecule has 1 atom stereocenters. The first-order valence-corrected chi connectivity index (χ1v) is 8.56. The summed E-state index contributed by atoms with van der Waals surface area (Å²) in [6.45, 7) is 4.82. The quantitative estimate of drug-likeness (QED) is 0.709. The molecular formula is C18H29N3. The molecular weight excluding hydrogens is 258 g/mol. The average Bonchev–Trinajstić information content (AvgIpc) is 2.91. The molecule has 2 rings (SSSR count). The van der Waals surface area contributed by atoms with Gasteiger partial charge in [-0.3, -0.25) is 4.68 Å². The predicted molar refractivity (Wildman–Crippen MR) is 85.9 cm³/mol. The molecule has 1 saturated carbocycles. The van der Waals surface area contributed by atoms with E-state index >= 15 is 0 Å². The minimum absolute atomic E-state index is 0.474. The van der Waals surface area contributed by atoms with E-state index in [-0.39, 0.29) is 0 Å². The molecule has 1 unspecified atom stereocenters. The van der Waals surface area contributed by atoms with Crippen LogP contribution in [0.15, 0.2) is 12.3 Å². The van der Waals surface area contributed by atoms with Gasteiger partial charge in [0.15, 0.2) is 5.69 Å². The van der Waals surface area contributed by atoms with Crippen LogP contribution < -0.4 is 0 Å². The van der Waals surface area contributed by atoms with Crippen molar-refractivity contribution in [3.05, 3.63) is 18.0 Å². The molecule has 1 fully saturated rings. The van der Waals surface area contributed by atoms with Crippen molar-refractivity contribution in [2.24, 2.45) is 5.41 Å². The second kappa shape index (κ2) is 7.64. The molecule has 0 N–H and O–H groups in total. The summed E-state index contributed by atoms with van der Waals surface area (Å²) in [4.78, 5) is 0. The van der Waals surface area contributed by atoms with Crippen molar-refractivity contribution in [1.29, 1.82) is 5.26 Å². The van der Waals surface area contributed by atoms with Gasteiger partial charge in [-0.1, -0.05) is 52.4 Å². The van der Waals surface area contributed by atoms with E-state index in [2.05, 4.69) is 25.0 Å². The Morgan fingerprint density at radius 3 is 2.52 bits per heavy atom. The highest BCUT2D eigenvalue weighted by Crippen LogP contribution is 2.33. The Balaban J connectivity index is 1.99. The van der Waals surface area contributed by atoms with Gasteiger partial charge in [-0.25, -0.2) is 0 Å². The fraction of sp³-hybridized carbons (Fsp3) is 0.778. The fourth-order valence-corrected chi connectivity index (χ4v) is 3.46. The van der Waals surface area contributed by atoms with E-state index in [0.717, 1.165) is 0 Å². The zero-order valence-electron chi connectivity index (χ0n) is 13.6. The van der Waals surface area contributed by atoms with Crippen LogP contribution in [0, 0.1) is 16.7 Å². The Kier molecular flexibility index (Phi) is 5.85. The van der Waals surface area contributed by atoms with Gasteiger partial charge in [0.25, 0.3) is 0 Å². The van der Waals surface area contributed by atoms with Crippen molar-refractivity contribution in [2.75, 3.05) is 0 Å². The molecule has 0 amide bonds. The first kappa shape index (κ1) is 16.1. The minimum Gasteiger partial charge on any atom is -0.268 e. The third kappa shape index (κ3) is 5.19. The van der Waals surface area contributed by atoms with Crippen molar-refractivity contribution in [2.45, 2.75) is 84.1 Å². The summed E-state index contributed by atoms with van der Waals surface area (Å²) in [5.74, 6) is 0. The molecule has 3 heteroatoms. The van der Waals surface area contributed by atoms with E-state index < -0.39 is 0 Å². The smallest absolute Gasteiger partial charge is 0.162 e. The number of aromatic nitrogens is 2. The monoisotopic (exact) mass is 287 g/mol. The summed E-state index contributed by atoms with van der Waals surface area (Å²) in [6, 6.07) is 4.44. The van der Waals surface area contributed by atoms with Gasteiger partial charge in [0.1, 0.15) is 6.07 Å². The maximum atomic E-state index is 8.94. The summed E-state index contributed by atoms with van der Waals surface area (Å²) in [6.07, 6.45) is 15.1. The molecule has 1 aromatic heterocycles. The highest BCUT2D eigenvalue weighted by Gasteiger charge is 2.20. The molecule has 0 radical (unpaired) electrons. The summed E-state index contributed by atoms with van der Waals surface area (Å²) in [5, 5.41) is 13.4. The number of hydrogen-bond donors (Lipinski definition) is 0. The van der Waals surface area contributed by atoms with Crippen LogP contribution >= 0.6 is 0 Å². The molecule has 3 nitrogen and oxygen atoms in total. The second-order valence-electron chi connectivity index (χ2n) is 7.31. The van der Waals surface area contributed by atoms with Gasteiger partial charge in [0.2, 0.25) is 0 Å². The standard InChI is InChI=1S/C18H29N3/c1-18(2)12-7-5-3-4-6-9-17(10-8-13-18)21-14-11-16(15-19)20-21/h11,14,17H,3-10,12-13H2,1-2H3. The van der Waals surface area contributed by atoms with Gasteiger partial charge in [-0.05, 0) is 37.2 Å². The Bertz CT molecular complexity index is 467. The highest BCUT2D eigenvalue weighted by molar-refractivity contribution is 5.16. The number of rotatable bonds is 1. The predicted octanol–water partition coefficient (Wildman–Crippen LogP) is 5.24. The lowest BCUT2D eigenvalue weighted by molar-refractivity contribution is 0.261. The van der Waals surface area contributed by atoms with Gasteiger partial charge >= 0.3 is 0 Å². The van der Waals surface area contributed by atoms with Gasteiger partial charge < -0.3 is 0 Å². The molecule has 1 aliphatic rings. The molecule has 0 saturated heterocycles. The van der Waals surface area contributed by atoms with Crippen LogP contribution in [0.1, 0.15) is 89.8 Å². The lowest BCUT2D eigenvalue weighted by Gasteiger charge is -2.27. The second-order valence-corrected chi connectivity index (χ2v) is 7.31. The van der Waals surface area contributed by atoms with E-state index in [1.807, 2.05) is 16.9 Å². The molecule has 0 spiro atoms. The highest BCUT2D eigenvalue weighted by atomic mass is 15.3. The molecule has 1 heterocycles. The molecule has 1 aliphatic carbocycles. The van der Waals surface area contributed by atoms with Crippen molar-refractivity contribution in [3.63, 3.8) is 0 Å². The van der Waals surface area contributed by atoms with Crippen LogP contribution in [-0.4, -0.2) is 9.78 Å². The number of nitriles is 1. The zero-order valence-corrected chi connectivity index (χ0v) is 13.6. The SMILES string of the molecule is CC1(C)CCCCCCCC(n2ccc(C#N)n2)CCC1. The van der Waals surface area contributed by atoms with Crippen molar-refractivity contribution in [3.8, 4) is 6.07 Å². The van der Waals surface area contributed by atoms with Crippen LogP contribution in [0.2, 0.25) is 0 Å². The first-order valence-electron chi connectivity index (χ1n) is 8.56. The topological polar surface area (TPSA) is 41.6 Å². The summed E-state index contributed by atoms with van der Waals surface area (Å²) < 4.78 is 2.04. The van der Waals surface area contributed by atoms with E-state index in [0.29, 0.717) is 17.2 Å². The minimum atomic E-state index is 0.474. The fourth-order valence-electron chi connectivity index (χ4n) is 3.46. The summed E-state index contributed by atoms with van der Waals surface area (Å²) in [7, 11) is 0. The first-order chi connectivity index (χ1) is 10.1. The largest absolute Gasteiger partial charge is 0.268 e.